The third-order valence-electron chi connectivity index (χ3n) is 13.9. The molecule has 459 valence electrons. The number of nitrogens with one attached hydrogen (secondary N) is 3. The molecule has 1 aromatic heterocycles. The average Bonchev–Trinajstić information content (AvgIpc) is 3.41. The van der Waals surface area contributed by atoms with Crippen molar-refractivity contribution in [2.24, 2.45) is 0 Å². The molecule has 0 saturated carbocycles. The summed E-state index contributed by atoms with van der Waals surface area (Å²) in [4.78, 5) is 130. The van der Waals surface area contributed by atoms with Crippen LogP contribution in [0, 0.1) is 36.9 Å². The van der Waals surface area contributed by atoms with E-state index in [4.69, 9.17) is 20.1 Å². The van der Waals surface area contributed by atoms with Gasteiger partial charge in [0.05, 0.1) is 26.2 Å². The van der Waals surface area contributed by atoms with Gasteiger partial charge in [-0.05, 0) is 75.3 Å². The molecule has 3 amide bonds. The molecule has 2 aromatic rings. The molecule has 2 saturated heterocycles. The SMILES string of the molecule is O=C(O)CC[C@H](NC(=O)N[C@@H](CCCCNC(=O)CCCCCCCCc1nc(Cc2ccc(CC3CN(CC(=O)O)CCN(CC(=O)O)CCN(CC(=O)O)CCN3CC(=O)O)cc2)nc(N2CCCCC2)n1)C(=O)O)C(=O)O.[Lu]. The van der Waals surface area contributed by atoms with Crippen LogP contribution < -0.4 is 20.9 Å². The summed E-state index contributed by atoms with van der Waals surface area (Å²) < 4.78 is 0. The predicted octanol–water partition coefficient (Wildman–Crippen LogP) is 1.55. The zero-order valence-electron chi connectivity index (χ0n) is 45.8. The summed E-state index contributed by atoms with van der Waals surface area (Å²) in [5.41, 5.74) is 1.81. The number of unbranched alkanes of at least 4 members (excludes halogenated alkanes) is 6. The van der Waals surface area contributed by atoms with E-state index in [0.29, 0.717) is 69.1 Å². The van der Waals surface area contributed by atoms with Crippen LogP contribution in [0.15, 0.2) is 24.3 Å². The van der Waals surface area contributed by atoms with Crippen molar-refractivity contribution in [3.05, 3.63) is 47.0 Å². The fourth-order valence-corrected chi connectivity index (χ4v) is 9.69. The van der Waals surface area contributed by atoms with Crippen molar-refractivity contribution in [3.63, 3.8) is 0 Å². The standard InChI is InChI=1S/C53H81N11O16.Lu/c65-44(54-21-9-8-12-40(50(76)77)55-53(80)56-41(51(78)79)19-20-45(66)67)14-7-4-2-1-3-6-13-42-57-43(59-52(58-42)63-22-10-5-11-23-63)31-38-17-15-37(16-18-38)30-39-32-62(35-48(72)73)27-26-60(33-46(68)69)24-25-61(34-47(70)71)28-29-64(39)36-49(74)75;/h15-18,39-41H,1-14,19-36H2,(H,54,65)(H,66,67)(H,68,69)(H,70,71)(H,72,73)(H,74,75)(H,76,77)(H,78,79)(H2,55,56,80);/t39?,40-,41-;/m0./s1. The van der Waals surface area contributed by atoms with Gasteiger partial charge >= 0.3 is 47.8 Å². The van der Waals surface area contributed by atoms with Gasteiger partial charge in [-0.2, -0.15) is 9.97 Å². The van der Waals surface area contributed by atoms with Crippen molar-refractivity contribution in [3.8, 4) is 0 Å². The van der Waals surface area contributed by atoms with Crippen LogP contribution in [0.25, 0.3) is 0 Å². The average molecular weight is 1300 g/mol. The number of aliphatic carboxylic acids is 7. The number of carboxylic acids is 7. The molecule has 1 unspecified atom stereocenters. The van der Waals surface area contributed by atoms with E-state index in [1.54, 1.807) is 19.6 Å². The first-order valence-electron chi connectivity index (χ1n) is 27.6. The van der Waals surface area contributed by atoms with Crippen LogP contribution in [-0.4, -0.2) is 234 Å². The van der Waals surface area contributed by atoms with Gasteiger partial charge in [0.25, 0.3) is 0 Å². The van der Waals surface area contributed by atoms with Crippen molar-refractivity contribution >= 4 is 59.7 Å². The van der Waals surface area contributed by atoms with E-state index < -0.39 is 72.4 Å². The number of anilines is 1. The number of nitrogens with zero attached hydrogens (tertiary/aromatic N) is 8. The smallest absolute Gasteiger partial charge is 0.326 e. The summed E-state index contributed by atoms with van der Waals surface area (Å²) in [6.07, 6.45) is 10.2. The monoisotopic (exact) mass is 1300 g/mol. The van der Waals surface area contributed by atoms with Crippen molar-refractivity contribution in [1.82, 2.24) is 50.5 Å². The molecular weight excluding hydrogens is 1220 g/mol. The Bertz CT molecular complexity index is 2350. The number of piperidine rings is 1. The van der Waals surface area contributed by atoms with Gasteiger partial charge < -0.3 is 56.6 Å². The van der Waals surface area contributed by atoms with Crippen LogP contribution in [0.4, 0.5) is 10.7 Å². The molecule has 2 aliphatic heterocycles. The van der Waals surface area contributed by atoms with Gasteiger partial charge in [-0.25, -0.2) is 19.4 Å². The van der Waals surface area contributed by atoms with Crippen molar-refractivity contribution in [2.45, 2.75) is 134 Å². The molecule has 0 bridgehead atoms. The molecule has 0 aliphatic carbocycles. The number of carbonyl (C=O) groups excluding carboxylic acids is 2. The van der Waals surface area contributed by atoms with E-state index >= 15 is 0 Å². The number of hydrogen-bond donors (Lipinski definition) is 10. The fourth-order valence-electron chi connectivity index (χ4n) is 9.69. The Balaban J connectivity index is 0.0000172. The topological polar surface area (TPSA) is 386 Å². The first-order chi connectivity index (χ1) is 38.2. The van der Waals surface area contributed by atoms with Gasteiger partial charge in [-0.3, -0.25) is 48.4 Å². The molecule has 1 radical (unpaired) electrons. The van der Waals surface area contributed by atoms with E-state index in [9.17, 15) is 73.8 Å². The van der Waals surface area contributed by atoms with Gasteiger partial charge in [0, 0.05) is 134 Å². The number of hydrogen-bond acceptors (Lipinski definition) is 17. The minimum Gasteiger partial charge on any atom is -0.481 e. The van der Waals surface area contributed by atoms with Crippen LogP contribution >= 0.6 is 0 Å². The van der Waals surface area contributed by atoms with Gasteiger partial charge in [0.15, 0.2) is 0 Å². The van der Waals surface area contributed by atoms with Gasteiger partial charge in [-0.1, -0.05) is 49.9 Å². The molecule has 10 N–H and O–H groups in total. The summed E-state index contributed by atoms with van der Waals surface area (Å²) >= 11 is 0. The van der Waals surface area contributed by atoms with E-state index in [2.05, 4.69) is 20.9 Å². The third kappa shape index (κ3) is 29.1. The summed E-state index contributed by atoms with van der Waals surface area (Å²) in [6, 6.07) is 3.48. The largest absolute Gasteiger partial charge is 0.481 e. The van der Waals surface area contributed by atoms with Crippen molar-refractivity contribution in [2.75, 3.05) is 96.5 Å². The first-order valence-corrected chi connectivity index (χ1v) is 27.6. The number of amides is 3. The van der Waals surface area contributed by atoms with Crippen molar-refractivity contribution in [1.29, 1.82) is 0 Å². The Kier molecular flexibility index (Phi) is 32.6. The van der Waals surface area contributed by atoms with Gasteiger partial charge in [-0.15, -0.1) is 0 Å². The maximum absolute atomic E-state index is 12.5. The Morgan fingerprint density at radius 2 is 1.04 bits per heavy atom. The van der Waals surface area contributed by atoms with Crippen LogP contribution in [0.5, 0.6) is 0 Å². The Morgan fingerprint density at radius 3 is 1.62 bits per heavy atom. The number of urea groups is 1. The van der Waals surface area contributed by atoms with Crippen LogP contribution in [0.1, 0.15) is 119 Å². The summed E-state index contributed by atoms with van der Waals surface area (Å²) in [5.74, 6) is -6.44. The van der Waals surface area contributed by atoms with Crippen LogP contribution in [0.2, 0.25) is 0 Å². The molecule has 3 atom stereocenters. The molecule has 81 heavy (non-hydrogen) atoms. The van der Waals surface area contributed by atoms with E-state index in [1.165, 1.54) is 0 Å². The molecule has 28 heteroatoms. The van der Waals surface area contributed by atoms with E-state index in [0.717, 1.165) is 75.6 Å². The molecular formula is C53H81LuN11O16. The first kappa shape index (κ1) is 69.4. The minimum absolute atomic E-state index is 0. The molecule has 2 fully saturated rings. The molecule has 3 heterocycles. The summed E-state index contributed by atoms with van der Waals surface area (Å²) in [6.45, 7) is 2.04. The quantitative estimate of drug-likeness (QED) is 0.0444. The number of rotatable bonds is 34. The molecule has 0 spiro atoms. The number of aromatic nitrogens is 3. The van der Waals surface area contributed by atoms with Crippen LogP contribution in [-0.2, 0) is 57.6 Å². The maximum atomic E-state index is 12.5. The zero-order chi connectivity index (χ0) is 58.4. The van der Waals surface area contributed by atoms with E-state index in [-0.39, 0.29) is 128 Å². The van der Waals surface area contributed by atoms with Gasteiger partial charge in [0.2, 0.25) is 11.9 Å². The second-order valence-electron chi connectivity index (χ2n) is 20.5. The molecule has 1 aromatic carbocycles. The maximum Gasteiger partial charge on any atom is 0.326 e. The number of aryl methyl sites for hydroxylation is 1. The zero-order valence-corrected chi connectivity index (χ0v) is 47.5. The van der Waals surface area contributed by atoms with E-state index in [1.807, 2.05) is 24.3 Å². The summed E-state index contributed by atoms with van der Waals surface area (Å²) in [5, 5.41) is 73.8. The second kappa shape index (κ2) is 38.0. The summed E-state index contributed by atoms with van der Waals surface area (Å²) in [7, 11) is 0. The van der Waals surface area contributed by atoms with Crippen molar-refractivity contribution < 1.29 is 116 Å². The Hall–Kier alpha value is -5.87. The number of carboxylic acid groups (broad SMARTS) is 7. The number of carbonyl (C=O) groups is 9. The Labute approximate surface area is 500 Å². The van der Waals surface area contributed by atoms with Crippen LogP contribution in [0.3, 0.4) is 0 Å². The van der Waals surface area contributed by atoms with Gasteiger partial charge in [0.1, 0.15) is 23.7 Å². The molecule has 4 rings (SSSR count). The normalized spacial score (nSPS) is 16.8. The predicted molar refractivity (Wildman–Crippen MR) is 288 cm³/mol. The minimum atomic E-state index is -1.50. The molecule has 2 aliphatic rings. The third-order valence-corrected chi connectivity index (χ3v) is 13.9. The fraction of sp³-hybridized carbons (Fsp3) is 0.660. The second-order valence-corrected chi connectivity index (χ2v) is 20.5. The Morgan fingerprint density at radius 1 is 0.519 bits per heavy atom. The number of benzene rings is 1. The molecule has 27 nitrogen and oxygen atoms in total.